The number of nitrogens with two attached hydrogens (primary N) is 1. The van der Waals surface area contributed by atoms with E-state index in [1.165, 1.54) is 13.2 Å². The lowest BCUT2D eigenvalue weighted by Gasteiger charge is -2.00. The molecule has 62 valence electrons. The van der Waals surface area contributed by atoms with Gasteiger partial charge >= 0.3 is 6.16 Å². The summed E-state index contributed by atoms with van der Waals surface area (Å²) in [5.74, 6) is 0.351. The van der Waals surface area contributed by atoms with E-state index in [4.69, 9.17) is 5.73 Å². The van der Waals surface area contributed by atoms with Gasteiger partial charge in [0.1, 0.15) is 5.76 Å². The molecule has 0 saturated heterocycles. The van der Waals surface area contributed by atoms with Gasteiger partial charge in [-0.3, -0.25) is 0 Å². The summed E-state index contributed by atoms with van der Waals surface area (Å²) >= 11 is 0. The van der Waals surface area contributed by atoms with Crippen LogP contribution in [0.2, 0.25) is 0 Å². The van der Waals surface area contributed by atoms with Crippen molar-refractivity contribution in [2.24, 2.45) is 5.73 Å². The Labute approximate surface area is 65.3 Å². The predicted molar refractivity (Wildman–Crippen MR) is 40.6 cm³/mol. The third kappa shape index (κ3) is 5.02. The van der Waals surface area contributed by atoms with Crippen LogP contribution < -0.4 is 5.73 Å². The molecule has 0 amide bonds. The van der Waals surface area contributed by atoms with Crippen LogP contribution in [0.4, 0.5) is 4.79 Å². The van der Waals surface area contributed by atoms with Gasteiger partial charge in [0.2, 0.25) is 0 Å². The SMILES string of the molecule is C=C(N)/C=C(\C)OC(=O)OC. The number of carbonyl (C=O) groups excluding carboxylic acids is 1. The molecule has 0 saturated carbocycles. The zero-order chi connectivity index (χ0) is 8.85. The van der Waals surface area contributed by atoms with Crippen LogP contribution in [0.3, 0.4) is 0 Å². The standard InChI is InChI=1S/C7H11NO3/c1-5(8)4-6(2)11-7(9)10-3/h4H,1,8H2,2-3H3/b6-4+. The first kappa shape index (κ1) is 9.55. The molecule has 0 aliphatic rings. The molecule has 0 aliphatic heterocycles. The monoisotopic (exact) mass is 157 g/mol. The van der Waals surface area contributed by atoms with Crippen LogP contribution in [0.5, 0.6) is 0 Å². The molecule has 11 heavy (non-hydrogen) atoms. The van der Waals surface area contributed by atoms with E-state index < -0.39 is 6.16 Å². The molecule has 0 spiro atoms. The fourth-order valence-electron chi connectivity index (χ4n) is 0.464. The molecular formula is C7H11NO3. The van der Waals surface area contributed by atoms with Crippen molar-refractivity contribution in [3.05, 3.63) is 24.1 Å². The lowest BCUT2D eigenvalue weighted by molar-refractivity contribution is 0.0975. The molecule has 0 rings (SSSR count). The van der Waals surface area contributed by atoms with E-state index in [2.05, 4.69) is 16.1 Å². The molecule has 0 fully saturated rings. The number of hydrogen-bond acceptors (Lipinski definition) is 4. The highest BCUT2D eigenvalue weighted by Crippen LogP contribution is 1.99. The normalized spacial score (nSPS) is 10.5. The summed E-state index contributed by atoms with van der Waals surface area (Å²) in [6.07, 6.45) is 0.664. The average molecular weight is 157 g/mol. The summed E-state index contributed by atoms with van der Waals surface area (Å²) in [4.78, 5) is 10.4. The van der Waals surface area contributed by atoms with Crippen molar-refractivity contribution in [3.8, 4) is 0 Å². The van der Waals surface area contributed by atoms with Gasteiger partial charge in [0, 0.05) is 5.70 Å². The molecular weight excluding hydrogens is 146 g/mol. The van der Waals surface area contributed by atoms with Crippen molar-refractivity contribution < 1.29 is 14.3 Å². The second kappa shape index (κ2) is 4.38. The Bertz CT molecular complexity index is 196. The van der Waals surface area contributed by atoms with Gasteiger partial charge in [0.15, 0.2) is 0 Å². The van der Waals surface area contributed by atoms with Crippen LogP contribution in [0, 0.1) is 0 Å². The quantitative estimate of drug-likeness (QED) is 0.371. The van der Waals surface area contributed by atoms with Crippen LogP contribution >= 0.6 is 0 Å². The Morgan fingerprint density at radius 2 is 2.18 bits per heavy atom. The van der Waals surface area contributed by atoms with E-state index >= 15 is 0 Å². The molecule has 0 atom stereocenters. The first-order chi connectivity index (χ1) is 5.06. The molecule has 0 heterocycles. The zero-order valence-corrected chi connectivity index (χ0v) is 6.59. The smallest absolute Gasteiger partial charge is 0.437 e. The lowest BCUT2D eigenvalue weighted by atomic mass is 10.4. The van der Waals surface area contributed by atoms with Crippen molar-refractivity contribution in [3.63, 3.8) is 0 Å². The number of allylic oxidation sites excluding steroid dienone is 2. The fraction of sp³-hybridized carbons (Fsp3) is 0.286. The van der Waals surface area contributed by atoms with Crippen LogP contribution in [0.25, 0.3) is 0 Å². The van der Waals surface area contributed by atoms with Gasteiger partial charge in [-0.2, -0.15) is 0 Å². The van der Waals surface area contributed by atoms with Gasteiger partial charge in [-0.05, 0) is 13.0 Å². The summed E-state index contributed by atoms with van der Waals surface area (Å²) in [6, 6.07) is 0. The molecule has 0 aromatic rings. The Morgan fingerprint density at radius 3 is 2.55 bits per heavy atom. The highest BCUT2D eigenvalue weighted by molar-refractivity contribution is 5.61. The van der Waals surface area contributed by atoms with Gasteiger partial charge in [0.25, 0.3) is 0 Å². The summed E-state index contributed by atoms with van der Waals surface area (Å²) in [5.41, 5.74) is 5.53. The summed E-state index contributed by atoms with van der Waals surface area (Å²) < 4.78 is 8.80. The highest BCUT2D eigenvalue weighted by atomic mass is 16.7. The fourth-order valence-corrected chi connectivity index (χ4v) is 0.464. The minimum atomic E-state index is -0.764. The van der Waals surface area contributed by atoms with Crippen LogP contribution in [0.15, 0.2) is 24.1 Å². The molecule has 0 aromatic carbocycles. The minimum Gasteiger partial charge on any atom is -0.437 e. The largest absolute Gasteiger partial charge is 0.513 e. The third-order valence-electron chi connectivity index (χ3n) is 0.800. The molecule has 2 N–H and O–H groups in total. The number of ether oxygens (including phenoxy) is 2. The second-order valence-electron chi connectivity index (χ2n) is 1.89. The van der Waals surface area contributed by atoms with Crippen molar-refractivity contribution in [1.29, 1.82) is 0 Å². The number of rotatable bonds is 2. The van der Waals surface area contributed by atoms with Crippen molar-refractivity contribution >= 4 is 6.16 Å². The lowest BCUT2D eigenvalue weighted by Crippen LogP contribution is -2.03. The molecule has 0 aliphatic carbocycles. The molecule has 0 bridgehead atoms. The third-order valence-corrected chi connectivity index (χ3v) is 0.800. The summed E-state index contributed by atoms with van der Waals surface area (Å²) in [5, 5.41) is 0. The molecule has 0 unspecified atom stereocenters. The van der Waals surface area contributed by atoms with E-state index in [9.17, 15) is 4.79 Å². The Hall–Kier alpha value is -1.45. The zero-order valence-electron chi connectivity index (χ0n) is 6.59. The van der Waals surface area contributed by atoms with E-state index in [0.717, 1.165) is 0 Å². The van der Waals surface area contributed by atoms with E-state index in [1.54, 1.807) is 6.92 Å². The molecule has 0 aromatic heterocycles. The van der Waals surface area contributed by atoms with Gasteiger partial charge < -0.3 is 15.2 Å². The van der Waals surface area contributed by atoms with E-state index in [1.807, 2.05) is 0 Å². The number of hydrogen-bond donors (Lipinski definition) is 1. The van der Waals surface area contributed by atoms with Gasteiger partial charge in [-0.1, -0.05) is 6.58 Å². The van der Waals surface area contributed by atoms with Gasteiger partial charge in [0.05, 0.1) is 7.11 Å². The van der Waals surface area contributed by atoms with Crippen molar-refractivity contribution in [2.45, 2.75) is 6.92 Å². The van der Waals surface area contributed by atoms with E-state index in [-0.39, 0.29) is 0 Å². The topological polar surface area (TPSA) is 61.5 Å². The number of methoxy groups -OCH3 is 1. The second-order valence-corrected chi connectivity index (χ2v) is 1.89. The Kier molecular flexibility index (Phi) is 3.80. The van der Waals surface area contributed by atoms with Crippen molar-refractivity contribution in [2.75, 3.05) is 7.11 Å². The van der Waals surface area contributed by atoms with E-state index in [0.29, 0.717) is 11.5 Å². The minimum absolute atomic E-state index is 0.325. The summed E-state index contributed by atoms with van der Waals surface area (Å²) in [6.45, 7) is 4.98. The van der Waals surface area contributed by atoms with Crippen LogP contribution in [-0.2, 0) is 9.47 Å². The summed E-state index contributed by atoms with van der Waals surface area (Å²) in [7, 11) is 1.23. The van der Waals surface area contributed by atoms with Gasteiger partial charge in [-0.15, -0.1) is 0 Å². The molecule has 4 heteroatoms. The first-order valence-corrected chi connectivity index (χ1v) is 2.94. The molecule has 4 nitrogen and oxygen atoms in total. The maximum absolute atomic E-state index is 10.4. The average Bonchev–Trinajstić information content (AvgIpc) is 1.85. The van der Waals surface area contributed by atoms with Gasteiger partial charge in [-0.25, -0.2) is 4.79 Å². The highest BCUT2D eigenvalue weighted by Gasteiger charge is 2.00. The number of carbonyl (C=O) groups is 1. The predicted octanol–water partition coefficient (Wildman–Crippen LogP) is 1.15. The first-order valence-electron chi connectivity index (χ1n) is 2.94. The Morgan fingerprint density at radius 1 is 1.64 bits per heavy atom. The molecule has 0 radical (unpaired) electrons. The van der Waals surface area contributed by atoms with Crippen LogP contribution in [-0.4, -0.2) is 13.3 Å². The van der Waals surface area contributed by atoms with Crippen LogP contribution in [0.1, 0.15) is 6.92 Å². The van der Waals surface area contributed by atoms with Crippen molar-refractivity contribution in [1.82, 2.24) is 0 Å². The Balaban J connectivity index is 3.96. The maximum Gasteiger partial charge on any atom is 0.513 e. The maximum atomic E-state index is 10.4.